The fraction of sp³-hybridized carbons (Fsp3) is 0.368. The average molecular weight is 372 g/mol. The van der Waals surface area contributed by atoms with Gasteiger partial charge in [0.1, 0.15) is 5.56 Å². The van der Waals surface area contributed by atoms with E-state index in [9.17, 15) is 19.5 Å². The van der Waals surface area contributed by atoms with Crippen molar-refractivity contribution < 1.29 is 9.90 Å². The Labute approximate surface area is 156 Å². The summed E-state index contributed by atoms with van der Waals surface area (Å²) in [4.78, 5) is 38.4. The molecule has 1 heterocycles. The number of hydrogen-bond donors (Lipinski definition) is 3. The molecule has 0 saturated carbocycles. The van der Waals surface area contributed by atoms with Crippen molar-refractivity contribution in [2.24, 2.45) is 5.10 Å². The molecule has 0 unspecified atom stereocenters. The van der Waals surface area contributed by atoms with Gasteiger partial charge in [-0.1, -0.05) is 50.6 Å². The molecule has 0 atom stereocenters. The predicted molar refractivity (Wildman–Crippen MR) is 103 cm³/mol. The maximum Gasteiger partial charge on any atom is 0.331 e. The van der Waals surface area contributed by atoms with E-state index in [0.29, 0.717) is 6.42 Å². The molecule has 0 aliphatic rings. The first kappa shape index (κ1) is 20.2. The smallest absolute Gasteiger partial charge is 0.331 e. The van der Waals surface area contributed by atoms with Crippen molar-refractivity contribution in [3.05, 3.63) is 62.3 Å². The monoisotopic (exact) mass is 372 g/mol. The number of nitrogens with zero attached hydrogens (tertiary/aromatic N) is 2. The molecule has 27 heavy (non-hydrogen) atoms. The van der Waals surface area contributed by atoms with Crippen molar-refractivity contribution in [1.82, 2.24) is 15.0 Å². The van der Waals surface area contributed by atoms with Crippen LogP contribution in [0.3, 0.4) is 0 Å². The van der Waals surface area contributed by atoms with Crippen molar-refractivity contribution in [1.29, 1.82) is 0 Å². The summed E-state index contributed by atoms with van der Waals surface area (Å²) in [6.07, 6.45) is 2.22. The van der Waals surface area contributed by atoms with Gasteiger partial charge in [-0.15, -0.1) is 0 Å². The molecule has 0 saturated heterocycles. The maximum atomic E-state index is 12.3. The zero-order valence-corrected chi connectivity index (χ0v) is 15.5. The maximum absolute atomic E-state index is 12.3. The molecule has 1 amide bonds. The number of amides is 1. The normalized spacial score (nSPS) is 11.4. The zero-order valence-electron chi connectivity index (χ0n) is 15.5. The number of hydrogen-bond acceptors (Lipinski definition) is 5. The van der Waals surface area contributed by atoms with E-state index in [1.807, 2.05) is 25.1 Å². The third-order valence-electron chi connectivity index (χ3n) is 4.05. The molecule has 1 aromatic heterocycles. The third-order valence-corrected chi connectivity index (χ3v) is 4.05. The minimum atomic E-state index is -0.745. The summed E-state index contributed by atoms with van der Waals surface area (Å²) in [6.45, 7) is 3.80. The molecule has 144 valence electrons. The number of aromatic hydroxyl groups is 1. The standard InChI is InChI=1S/C19H24N4O4/c1-3-5-11-15(24)22-21-14(4-2)16-17(25)20-19(27)23(18(16)26)12-13-9-7-6-8-10-13/h6-10,26H,3-5,11-12H2,1-2H3,(H,22,24)(H,20,25,27)/b21-14-. The number of aromatic amines is 1. The topological polar surface area (TPSA) is 117 Å². The van der Waals surface area contributed by atoms with E-state index >= 15 is 0 Å². The van der Waals surface area contributed by atoms with Crippen molar-refractivity contribution in [2.75, 3.05) is 0 Å². The molecule has 0 radical (unpaired) electrons. The number of hydrazone groups is 1. The van der Waals surface area contributed by atoms with Gasteiger partial charge in [-0.05, 0) is 18.4 Å². The molecular formula is C19H24N4O4. The second kappa shape index (κ2) is 9.51. The second-order valence-corrected chi connectivity index (χ2v) is 6.08. The number of carbonyl (C=O) groups excluding carboxylic acids is 1. The Bertz CT molecular complexity index is 929. The Morgan fingerprint density at radius 3 is 2.56 bits per heavy atom. The van der Waals surface area contributed by atoms with E-state index in [0.717, 1.165) is 23.0 Å². The lowest BCUT2D eigenvalue weighted by Gasteiger charge is -2.12. The van der Waals surface area contributed by atoms with Crippen molar-refractivity contribution in [3.63, 3.8) is 0 Å². The molecule has 0 fully saturated rings. The van der Waals surface area contributed by atoms with Crippen LogP contribution in [0.1, 0.15) is 50.7 Å². The van der Waals surface area contributed by atoms with Crippen LogP contribution in [0.15, 0.2) is 45.0 Å². The summed E-state index contributed by atoms with van der Waals surface area (Å²) < 4.78 is 1.07. The van der Waals surface area contributed by atoms with Crippen LogP contribution in [0.25, 0.3) is 0 Å². The molecule has 0 spiro atoms. The number of unbranched alkanes of at least 4 members (excludes halogenated alkanes) is 1. The van der Waals surface area contributed by atoms with Gasteiger partial charge in [0.05, 0.1) is 12.3 Å². The van der Waals surface area contributed by atoms with E-state index in [4.69, 9.17) is 0 Å². The predicted octanol–water partition coefficient (Wildman–Crippen LogP) is 1.71. The first-order valence-corrected chi connectivity index (χ1v) is 8.93. The van der Waals surface area contributed by atoms with E-state index < -0.39 is 17.1 Å². The Balaban J connectivity index is 2.40. The number of carbonyl (C=O) groups is 1. The van der Waals surface area contributed by atoms with Gasteiger partial charge in [0.15, 0.2) is 0 Å². The van der Waals surface area contributed by atoms with Crippen LogP contribution in [0.2, 0.25) is 0 Å². The van der Waals surface area contributed by atoms with Crippen LogP contribution in [0, 0.1) is 0 Å². The highest BCUT2D eigenvalue weighted by atomic mass is 16.3. The van der Waals surface area contributed by atoms with Crippen LogP contribution in [-0.2, 0) is 11.3 Å². The first-order valence-electron chi connectivity index (χ1n) is 8.93. The molecule has 8 nitrogen and oxygen atoms in total. The lowest BCUT2D eigenvalue weighted by atomic mass is 10.1. The fourth-order valence-corrected chi connectivity index (χ4v) is 2.57. The average Bonchev–Trinajstić information content (AvgIpc) is 2.66. The molecule has 2 aromatic rings. The zero-order chi connectivity index (χ0) is 19.8. The van der Waals surface area contributed by atoms with Crippen LogP contribution in [0.5, 0.6) is 5.88 Å². The lowest BCUT2D eigenvalue weighted by molar-refractivity contribution is -0.121. The SMILES string of the molecule is CCCCC(=O)N/N=C(/CC)c1c(O)n(Cc2ccccc2)c(=O)[nH]c1=O. The van der Waals surface area contributed by atoms with Gasteiger partial charge >= 0.3 is 5.69 Å². The highest BCUT2D eigenvalue weighted by Crippen LogP contribution is 2.15. The van der Waals surface area contributed by atoms with E-state index in [1.54, 1.807) is 19.1 Å². The quantitative estimate of drug-likeness (QED) is 0.483. The Morgan fingerprint density at radius 2 is 1.93 bits per heavy atom. The molecule has 0 aliphatic heterocycles. The van der Waals surface area contributed by atoms with Gasteiger partial charge in [-0.2, -0.15) is 5.10 Å². The van der Waals surface area contributed by atoms with Crippen molar-refractivity contribution in [2.45, 2.75) is 46.1 Å². The molecule has 1 aromatic carbocycles. The van der Waals surface area contributed by atoms with Crippen LogP contribution < -0.4 is 16.7 Å². The molecule has 8 heteroatoms. The highest BCUT2D eigenvalue weighted by Gasteiger charge is 2.19. The lowest BCUT2D eigenvalue weighted by Crippen LogP contribution is -2.34. The van der Waals surface area contributed by atoms with Crippen LogP contribution >= 0.6 is 0 Å². The summed E-state index contributed by atoms with van der Waals surface area (Å²) in [7, 11) is 0. The van der Waals surface area contributed by atoms with Gasteiger partial charge < -0.3 is 5.11 Å². The van der Waals surface area contributed by atoms with Crippen LogP contribution in [0.4, 0.5) is 0 Å². The summed E-state index contributed by atoms with van der Waals surface area (Å²) in [5.41, 5.74) is 1.80. The van der Waals surface area contributed by atoms with Crippen molar-refractivity contribution in [3.8, 4) is 5.88 Å². The molecule has 2 rings (SSSR count). The Hall–Kier alpha value is -3.16. The summed E-state index contributed by atoms with van der Waals surface area (Å²) >= 11 is 0. The molecule has 3 N–H and O–H groups in total. The van der Waals surface area contributed by atoms with E-state index in [-0.39, 0.29) is 30.1 Å². The van der Waals surface area contributed by atoms with Gasteiger partial charge in [-0.25, -0.2) is 10.2 Å². The number of nitrogens with one attached hydrogen (secondary N) is 2. The minimum Gasteiger partial charge on any atom is -0.494 e. The number of rotatable bonds is 8. The third kappa shape index (κ3) is 5.16. The Kier molecular flexibility index (Phi) is 7.10. The van der Waals surface area contributed by atoms with Crippen molar-refractivity contribution >= 4 is 11.6 Å². The molecule has 0 bridgehead atoms. The summed E-state index contributed by atoms with van der Waals surface area (Å²) in [6, 6.07) is 9.08. The number of aromatic nitrogens is 2. The number of benzene rings is 1. The largest absolute Gasteiger partial charge is 0.494 e. The highest BCUT2D eigenvalue weighted by molar-refractivity contribution is 6.02. The Morgan fingerprint density at radius 1 is 1.22 bits per heavy atom. The number of H-pyrrole nitrogens is 1. The van der Waals surface area contributed by atoms with E-state index in [1.165, 1.54) is 0 Å². The van der Waals surface area contributed by atoms with Gasteiger partial charge in [0, 0.05) is 6.42 Å². The second-order valence-electron chi connectivity index (χ2n) is 6.08. The van der Waals surface area contributed by atoms with Gasteiger partial charge in [-0.3, -0.25) is 19.1 Å². The first-order chi connectivity index (χ1) is 13.0. The summed E-state index contributed by atoms with van der Waals surface area (Å²) in [5.74, 6) is -0.743. The molecule has 0 aliphatic carbocycles. The van der Waals surface area contributed by atoms with Gasteiger partial charge in [0.25, 0.3) is 5.56 Å². The summed E-state index contributed by atoms with van der Waals surface area (Å²) in [5, 5.41) is 14.6. The molecular weight excluding hydrogens is 348 g/mol. The minimum absolute atomic E-state index is 0.0924. The fourth-order valence-electron chi connectivity index (χ4n) is 2.57. The van der Waals surface area contributed by atoms with Crippen LogP contribution in [-0.4, -0.2) is 26.3 Å². The van der Waals surface area contributed by atoms with Gasteiger partial charge in [0.2, 0.25) is 11.8 Å². The van der Waals surface area contributed by atoms with E-state index in [2.05, 4.69) is 15.5 Å².